The lowest BCUT2D eigenvalue weighted by atomic mass is 9.92. The second-order valence-electron chi connectivity index (χ2n) is 8.63. The zero-order valence-electron chi connectivity index (χ0n) is 18.1. The van der Waals surface area contributed by atoms with Gasteiger partial charge in [-0.2, -0.15) is 5.26 Å². The Bertz CT molecular complexity index is 1100. The number of hydrogen-bond acceptors (Lipinski definition) is 4. The summed E-state index contributed by atoms with van der Waals surface area (Å²) in [6, 6.07) is 18.4. The Balaban J connectivity index is 1.52. The number of ether oxygens (including phenoxy) is 1. The second-order valence-corrected chi connectivity index (χ2v) is 9.54. The van der Waals surface area contributed by atoms with Crippen LogP contribution in [0, 0.1) is 11.3 Å². The molecule has 31 heavy (non-hydrogen) atoms. The molecule has 0 spiro atoms. The Morgan fingerprint density at radius 1 is 1.06 bits per heavy atom. The monoisotopic (exact) mass is 431 g/mol. The summed E-state index contributed by atoms with van der Waals surface area (Å²) in [6.45, 7) is 2.64. The van der Waals surface area contributed by atoms with Crippen LogP contribution in [0.4, 0.5) is 0 Å². The molecular weight excluding hydrogens is 402 g/mol. The summed E-state index contributed by atoms with van der Waals surface area (Å²) in [5, 5.41) is 11.1. The number of nitrogens with zero attached hydrogens (tertiary/aromatic N) is 2. The molecular formula is C26H29N3OS. The van der Waals surface area contributed by atoms with Gasteiger partial charge in [0.2, 0.25) is 0 Å². The highest BCUT2D eigenvalue weighted by molar-refractivity contribution is 7.97. The van der Waals surface area contributed by atoms with E-state index in [0.29, 0.717) is 18.7 Å². The van der Waals surface area contributed by atoms with E-state index >= 15 is 0 Å². The van der Waals surface area contributed by atoms with Crippen LogP contribution < -0.4 is 9.46 Å². The predicted molar refractivity (Wildman–Crippen MR) is 127 cm³/mol. The van der Waals surface area contributed by atoms with Crippen LogP contribution in [0.15, 0.2) is 47.4 Å². The minimum absolute atomic E-state index is 0.453. The summed E-state index contributed by atoms with van der Waals surface area (Å²) in [6.07, 6.45) is 8.82. The average molecular weight is 432 g/mol. The van der Waals surface area contributed by atoms with Gasteiger partial charge in [0.05, 0.1) is 23.4 Å². The predicted octanol–water partition coefficient (Wildman–Crippen LogP) is 6.84. The topological polar surface area (TPSA) is 50.0 Å². The van der Waals surface area contributed by atoms with Crippen LogP contribution in [0.5, 0.6) is 5.75 Å². The van der Waals surface area contributed by atoms with Gasteiger partial charge in [-0.15, -0.1) is 0 Å². The number of hydrogen-bond donors (Lipinski definition) is 1. The van der Waals surface area contributed by atoms with Crippen molar-refractivity contribution in [2.24, 2.45) is 0 Å². The third kappa shape index (κ3) is 3.95. The highest BCUT2D eigenvalue weighted by atomic mass is 32.2. The molecule has 2 aliphatic rings. The maximum atomic E-state index is 10.1. The van der Waals surface area contributed by atoms with Gasteiger partial charge in [0.15, 0.2) is 0 Å². The van der Waals surface area contributed by atoms with E-state index in [4.69, 9.17) is 4.74 Å². The zero-order chi connectivity index (χ0) is 21.2. The first-order valence-electron chi connectivity index (χ1n) is 11.5. The van der Waals surface area contributed by atoms with Crippen molar-refractivity contribution in [3.8, 4) is 23.1 Å². The van der Waals surface area contributed by atoms with E-state index < -0.39 is 0 Å². The first-order valence-corrected chi connectivity index (χ1v) is 12.3. The Hall–Kier alpha value is -2.42. The molecule has 0 aliphatic heterocycles. The van der Waals surface area contributed by atoms with Gasteiger partial charge in [0.1, 0.15) is 11.8 Å². The fourth-order valence-corrected chi connectivity index (χ4v) is 5.65. The molecule has 0 saturated heterocycles. The third-order valence-electron chi connectivity index (χ3n) is 6.66. The van der Waals surface area contributed by atoms with Crippen LogP contribution in [0.2, 0.25) is 0 Å². The van der Waals surface area contributed by atoms with E-state index in [2.05, 4.69) is 45.7 Å². The molecule has 0 amide bonds. The van der Waals surface area contributed by atoms with E-state index in [1.165, 1.54) is 49.8 Å². The molecule has 1 aromatic heterocycles. The number of benzene rings is 2. The molecule has 2 aliphatic carbocycles. The molecule has 2 aromatic carbocycles. The Morgan fingerprint density at radius 3 is 2.48 bits per heavy atom. The van der Waals surface area contributed by atoms with E-state index in [-0.39, 0.29) is 0 Å². The van der Waals surface area contributed by atoms with Crippen molar-refractivity contribution in [2.75, 3.05) is 6.61 Å². The van der Waals surface area contributed by atoms with Gasteiger partial charge in [-0.05, 0) is 80.8 Å². The molecule has 4 nitrogen and oxygen atoms in total. The molecule has 3 aromatic rings. The number of rotatable bonds is 7. The molecule has 5 heteroatoms. The normalized spacial score (nSPS) is 17.0. The summed E-state index contributed by atoms with van der Waals surface area (Å²) in [7, 11) is 0. The summed E-state index contributed by atoms with van der Waals surface area (Å²) < 4.78 is 11.8. The second kappa shape index (κ2) is 8.98. The third-order valence-corrected chi connectivity index (χ3v) is 7.62. The standard InChI is InChI=1S/C26H29N3OS/c1-2-30-21-12-15-23-24(17-27)26(29(25(23)16-21)20-8-5-9-20)18-10-13-22(14-11-18)31-28-19-6-3-4-7-19/h10-16,19-20,28H,2-9H2,1H3. The van der Waals surface area contributed by atoms with E-state index in [9.17, 15) is 5.26 Å². The van der Waals surface area contributed by atoms with Gasteiger partial charge in [-0.1, -0.05) is 25.0 Å². The van der Waals surface area contributed by atoms with Gasteiger partial charge >= 0.3 is 0 Å². The molecule has 0 unspecified atom stereocenters. The van der Waals surface area contributed by atoms with Crippen molar-refractivity contribution in [3.05, 3.63) is 48.0 Å². The van der Waals surface area contributed by atoms with Gasteiger partial charge < -0.3 is 9.30 Å². The van der Waals surface area contributed by atoms with Gasteiger partial charge in [-0.25, -0.2) is 0 Å². The molecule has 1 N–H and O–H groups in total. The number of aromatic nitrogens is 1. The first-order chi connectivity index (χ1) is 15.3. The molecule has 0 radical (unpaired) electrons. The average Bonchev–Trinajstić information content (AvgIpc) is 3.38. The summed E-state index contributed by atoms with van der Waals surface area (Å²) in [5.41, 5.74) is 4.05. The van der Waals surface area contributed by atoms with E-state index in [1.807, 2.05) is 19.1 Å². The fraction of sp³-hybridized carbons (Fsp3) is 0.423. The largest absolute Gasteiger partial charge is 0.494 e. The van der Waals surface area contributed by atoms with Crippen LogP contribution in [0.25, 0.3) is 22.2 Å². The minimum Gasteiger partial charge on any atom is -0.494 e. The lowest BCUT2D eigenvalue weighted by Crippen LogP contribution is -2.18. The van der Waals surface area contributed by atoms with Crippen molar-refractivity contribution in [3.63, 3.8) is 0 Å². The Kier molecular flexibility index (Phi) is 5.93. The zero-order valence-corrected chi connectivity index (χ0v) is 18.9. The number of nitriles is 1. The van der Waals surface area contributed by atoms with Crippen molar-refractivity contribution in [1.82, 2.24) is 9.29 Å². The van der Waals surface area contributed by atoms with Crippen LogP contribution in [-0.2, 0) is 0 Å². The minimum atomic E-state index is 0.453. The van der Waals surface area contributed by atoms with Gasteiger partial charge in [0.25, 0.3) is 0 Å². The smallest absolute Gasteiger partial charge is 0.121 e. The maximum absolute atomic E-state index is 10.1. The SMILES string of the molecule is CCOc1ccc2c(C#N)c(-c3ccc(SNC4CCCC4)cc3)n(C3CCC3)c2c1. The van der Waals surface area contributed by atoms with E-state index in [1.54, 1.807) is 11.9 Å². The summed E-state index contributed by atoms with van der Waals surface area (Å²) in [4.78, 5) is 1.22. The molecule has 0 bridgehead atoms. The van der Waals surface area contributed by atoms with Crippen molar-refractivity contribution in [2.45, 2.75) is 68.8 Å². The highest BCUT2D eigenvalue weighted by Gasteiger charge is 2.28. The van der Waals surface area contributed by atoms with Crippen LogP contribution in [-0.4, -0.2) is 17.2 Å². The van der Waals surface area contributed by atoms with Crippen LogP contribution in [0.1, 0.15) is 63.5 Å². The Morgan fingerprint density at radius 2 is 1.84 bits per heavy atom. The molecule has 5 rings (SSSR count). The van der Waals surface area contributed by atoms with Crippen molar-refractivity contribution in [1.29, 1.82) is 5.26 Å². The van der Waals surface area contributed by atoms with Gasteiger partial charge in [0, 0.05) is 28.4 Å². The van der Waals surface area contributed by atoms with Crippen LogP contribution in [0.3, 0.4) is 0 Å². The number of fused-ring (bicyclic) bond motifs is 1. The van der Waals surface area contributed by atoms with Crippen molar-refractivity contribution < 1.29 is 4.74 Å². The lowest BCUT2D eigenvalue weighted by Gasteiger charge is -2.30. The van der Waals surface area contributed by atoms with Gasteiger partial charge in [-0.3, -0.25) is 4.72 Å². The molecule has 1 heterocycles. The molecule has 160 valence electrons. The van der Waals surface area contributed by atoms with Crippen LogP contribution >= 0.6 is 11.9 Å². The lowest BCUT2D eigenvalue weighted by molar-refractivity contribution is 0.322. The summed E-state index contributed by atoms with van der Waals surface area (Å²) in [5.74, 6) is 0.869. The van der Waals surface area contributed by atoms with Crippen molar-refractivity contribution >= 4 is 22.9 Å². The Labute approximate surface area is 188 Å². The maximum Gasteiger partial charge on any atom is 0.121 e. The molecule has 2 fully saturated rings. The molecule has 0 atom stereocenters. The number of nitrogens with one attached hydrogen (secondary N) is 1. The molecule has 2 saturated carbocycles. The highest BCUT2D eigenvalue weighted by Crippen LogP contribution is 2.43. The summed E-state index contributed by atoms with van der Waals surface area (Å²) >= 11 is 1.73. The van der Waals surface area contributed by atoms with E-state index in [0.717, 1.165) is 33.5 Å². The first kappa shape index (κ1) is 20.5. The quantitative estimate of drug-likeness (QED) is 0.416. The fourth-order valence-electron chi connectivity index (χ4n) is 4.84.